The Morgan fingerprint density at radius 3 is 2.88 bits per heavy atom. The fourth-order valence-corrected chi connectivity index (χ4v) is 1.42. The highest BCUT2D eigenvalue weighted by atomic mass is 16.6. The Labute approximate surface area is 94.3 Å². The largest absolute Gasteiger partial charge is 0.443 e. The van der Waals surface area contributed by atoms with E-state index in [0.29, 0.717) is 6.54 Å². The van der Waals surface area contributed by atoms with E-state index < -0.39 is 5.60 Å². The maximum atomic E-state index is 11.8. The zero-order chi connectivity index (χ0) is 11.8. The van der Waals surface area contributed by atoms with E-state index in [9.17, 15) is 4.79 Å². The molecule has 1 aromatic heterocycles. The summed E-state index contributed by atoms with van der Waals surface area (Å²) in [6.45, 7) is 6.04. The summed E-state index contributed by atoms with van der Waals surface area (Å²) >= 11 is 0. The predicted octanol–water partition coefficient (Wildman–Crippen LogP) is 2.06. The van der Waals surface area contributed by atoms with Crippen LogP contribution in [0.25, 0.3) is 6.20 Å². The Balaban J connectivity index is 2.06. The highest BCUT2D eigenvalue weighted by Gasteiger charge is 2.23. The summed E-state index contributed by atoms with van der Waals surface area (Å²) in [7, 11) is 0. The van der Waals surface area contributed by atoms with Gasteiger partial charge < -0.3 is 4.74 Å². The number of hydrogen-bond acceptors (Lipinski definition) is 3. The van der Waals surface area contributed by atoms with Gasteiger partial charge in [0.2, 0.25) is 0 Å². The second-order valence-electron chi connectivity index (χ2n) is 4.67. The fraction of sp³-hybridized carbons (Fsp3) is 0.455. The summed E-state index contributed by atoms with van der Waals surface area (Å²) in [6, 6.07) is 1.88. The van der Waals surface area contributed by atoms with E-state index in [2.05, 4.69) is 5.10 Å². The van der Waals surface area contributed by atoms with E-state index in [1.807, 2.05) is 26.8 Å². The first kappa shape index (κ1) is 10.7. The molecule has 1 aliphatic rings. The number of fused-ring (bicyclic) bond motifs is 1. The first-order valence-electron chi connectivity index (χ1n) is 5.16. The smallest absolute Gasteiger partial charge is 0.414 e. The number of hydrogen-bond donors (Lipinski definition) is 0. The minimum absolute atomic E-state index is 0.337. The molecule has 0 aromatic carbocycles. The van der Waals surface area contributed by atoms with Gasteiger partial charge in [-0.05, 0) is 26.8 Å². The molecule has 0 fully saturated rings. The van der Waals surface area contributed by atoms with Gasteiger partial charge >= 0.3 is 6.09 Å². The van der Waals surface area contributed by atoms with Gasteiger partial charge in [-0.3, -0.25) is 4.90 Å². The summed E-state index contributed by atoms with van der Waals surface area (Å²) in [5.41, 5.74) is 0.496. The molecule has 5 heteroatoms. The van der Waals surface area contributed by atoms with Crippen molar-refractivity contribution in [2.24, 2.45) is 0 Å². The molecule has 0 N–H and O–H groups in total. The van der Waals surface area contributed by atoms with Gasteiger partial charge in [0.1, 0.15) is 5.60 Å². The molecule has 5 nitrogen and oxygen atoms in total. The number of aromatic nitrogens is 2. The van der Waals surface area contributed by atoms with E-state index in [4.69, 9.17) is 4.74 Å². The van der Waals surface area contributed by atoms with Gasteiger partial charge in [0.25, 0.3) is 0 Å². The second kappa shape index (κ2) is 3.66. The third-order valence-corrected chi connectivity index (χ3v) is 2.10. The quantitative estimate of drug-likeness (QED) is 0.673. The molecule has 2 heterocycles. The Hall–Kier alpha value is -1.78. The minimum atomic E-state index is -0.470. The maximum absolute atomic E-state index is 11.8. The molecule has 0 saturated carbocycles. The van der Waals surface area contributed by atoms with Crippen molar-refractivity contribution in [1.82, 2.24) is 14.7 Å². The number of amides is 1. The zero-order valence-corrected chi connectivity index (χ0v) is 9.67. The number of carbonyl (C=O) groups excluding carboxylic acids is 1. The van der Waals surface area contributed by atoms with Crippen LogP contribution in [0.5, 0.6) is 0 Å². The Bertz CT molecular complexity index is 429. The van der Waals surface area contributed by atoms with Gasteiger partial charge in [-0.1, -0.05) is 0 Å². The molecule has 0 atom stereocenters. The number of nitrogens with zero attached hydrogens (tertiary/aromatic N) is 3. The summed E-state index contributed by atoms with van der Waals surface area (Å²) < 4.78 is 7.01. The SMILES string of the molecule is CC(C)(C)OC(=O)N1C=Cn2nccc2C1. The third kappa shape index (κ3) is 2.24. The lowest BCUT2D eigenvalue weighted by Gasteiger charge is -2.26. The molecule has 0 spiro atoms. The van der Waals surface area contributed by atoms with Crippen LogP contribution in [0, 0.1) is 0 Å². The number of rotatable bonds is 0. The van der Waals surface area contributed by atoms with E-state index in [0.717, 1.165) is 5.69 Å². The van der Waals surface area contributed by atoms with Crippen LogP contribution in [0.2, 0.25) is 0 Å². The van der Waals surface area contributed by atoms with Gasteiger partial charge in [0.05, 0.1) is 12.2 Å². The van der Waals surface area contributed by atoms with Crippen molar-refractivity contribution in [3.8, 4) is 0 Å². The first-order chi connectivity index (χ1) is 7.46. The summed E-state index contributed by atoms with van der Waals surface area (Å²) in [4.78, 5) is 13.3. The Morgan fingerprint density at radius 2 is 2.19 bits per heavy atom. The van der Waals surface area contributed by atoms with Crippen LogP contribution in [-0.4, -0.2) is 26.4 Å². The molecule has 0 saturated heterocycles. The Morgan fingerprint density at radius 1 is 1.44 bits per heavy atom. The van der Waals surface area contributed by atoms with E-state index in [1.54, 1.807) is 23.3 Å². The molecule has 0 bridgehead atoms. The van der Waals surface area contributed by atoms with Crippen LogP contribution in [0.15, 0.2) is 18.5 Å². The van der Waals surface area contributed by atoms with Gasteiger partial charge in [0, 0.05) is 18.6 Å². The fourth-order valence-electron chi connectivity index (χ4n) is 1.42. The van der Waals surface area contributed by atoms with Crippen LogP contribution in [0.1, 0.15) is 26.5 Å². The molecular weight excluding hydrogens is 206 g/mol. The molecule has 86 valence electrons. The summed E-state index contributed by atoms with van der Waals surface area (Å²) in [6.07, 6.45) is 4.78. The van der Waals surface area contributed by atoms with Crippen molar-refractivity contribution >= 4 is 12.3 Å². The van der Waals surface area contributed by atoms with Crippen molar-refractivity contribution in [2.75, 3.05) is 0 Å². The van der Waals surface area contributed by atoms with Gasteiger partial charge in [-0.15, -0.1) is 0 Å². The molecular formula is C11H15N3O2. The number of ether oxygens (including phenoxy) is 1. The van der Waals surface area contributed by atoms with Crippen molar-refractivity contribution in [1.29, 1.82) is 0 Å². The monoisotopic (exact) mass is 221 g/mol. The molecule has 1 amide bonds. The summed E-state index contributed by atoms with van der Waals surface area (Å²) in [5, 5.41) is 4.08. The van der Waals surface area contributed by atoms with Gasteiger partial charge in [0.15, 0.2) is 0 Å². The van der Waals surface area contributed by atoms with E-state index in [-0.39, 0.29) is 6.09 Å². The van der Waals surface area contributed by atoms with Crippen LogP contribution in [-0.2, 0) is 11.3 Å². The first-order valence-corrected chi connectivity index (χ1v) is 5.16. The van der Waals surface area contributed by atoms with Crippen molar-refractivity contribution < 1.29 is 9.53 Å². The van der Waals surface area contributed by atoms with Crippen molar-refractivity contribution in [3.05, 3.63) is 24.2 Å². The third-order valence-electron chi connectivity index (χ3n) is 2.10. The van der Waals surface area contributed by atoms with E-state index in [1.165, 1.54) is 4.90 Å². The van der Waals surface area contributed by atoms with Gasteiger partial charge in [-0.25, -0.2) is 9.48 Å². The zero-order valence-electron chi connectivity index (χ0n) is 9.67. The Kier molecular flexibility index (Phi) is 2.46. The highest BCUT2D eigenvalue weighted by Crippen LogP contribution is 2.16. The lowest BCUT2D eigenvalue weighted by Crippen LogP contribution is -2.34. The lowest BCUT2D eigenvalue weighted by atomic mass is 10.2. The normalized spacial score (nSPS) is 14.8. The predicted molar refractivity (Wildman–Crippen MR) is 59.3 cm³/mol. The molecule has 0 aliphatic carbocycles. The second-order valence-corrected chi connectivity index (χ2v) is 4.67. The van der Waals surface area contributed by atoms with Crippen molar-refractivity contribution in [2.45, 2.75) is 32.9 Å². The van der Waals surface area contributed by atoms with Crippen LogP contribution >= 0.6 is 0 Å². The molecule has 16 heavy (non-hydrogen) atoms. The highest BCUT2D eigenvalue weighted by molar-refractivity contribution is 5.70. The standard InChI is InChI=1S/C11H15N3O2/c1-11(2,3)16-10(15)13-6-7-14-9(8-13)4-5-12-14/h4-7H,8H2,1-3H3. The van der Waals surface area contributed by atoms with Crippen LogP contribution in [0.3, 0.4) is 0 Å². The average molecular weight is 221 g/mol. The topological polar surface area (TPSA) is 47.4 Å². The summed E-state index contributed by atoms with van der Waals surface area (Å²) in [5.74, 6) is 0. The molecule has 2 rings (SSSR count). The maximum Gasteiger partial charge on any atom is 0.414 e. The minimum Gasteiger partial charge on any atom is -0.443 e. The lowest BCUT2D eigenvalue weighted by molar-refractivity contribution is 0.0317. The van der Waals surface area contributed by atoms with E-state index >= 15 is 0 Å². The van der Waals surface area contributed by atoms with Gasteiger partial charge in [-0.2, -0.15) is 5.10 Å². The molecule has 1 aromatic rings. The average Bonchev–Trinajstić information content (AvgIpc) is 2.61. The van der Waals surface area contributed by atoms with Crippen LogP contribution < -0.4 is 0 Å². The molecule has 1 aliphatic heterocycles. The molecule has 0 unspecified atom stereocenters. The molecule has 0 radical (unpaired) electrons. The van der Waals surface area contributed by atoms with Crippen molar-refractivity contribution in [3.63, 3.8) is 0 Å². The number of carbonyl (C=O) groups is 1. The van der Waals surface area contributed by atoms with Crippen LogP contribution in [0.4, 0.5) is 4.79 Å².